The lowest BCUT2D eigenvalue weighted by Gasteiger charge is -2.12. The highest BCUT2D eigenvalue weighted by molar-refractivity contribution is 14.0. The van der Waals surface area contributed by atoms with Crippen LogP contribution in [0.3, 0.4) is 0 Å². The van der Waals surface area contributed by atoms with E-state index in [0.29, 0.717) is 19.0 Å². The van der Waals surface area contributed by atoms with E-state index in [0.717, 1.165) is 17.9 Å². The molecule has 7 nitrogen and oxygen atoms in total. The highest BCUT2D eigenvalue weighted by Crippen LogP contribution is 2.14. The van der Waals surface area contributed by atoms with Crippen LogP contribution in [0.1, 0.15) is 18.2 Å². The van der Waals surface area contributed by atoms with Gasteiger partial charge in [-0.05, 0) is 36.8 Å². The molecule has 0 amide bonds. The molecule has 0 bridgehead atoms. The quantitative estimate of drug-likeness (QED) is 0.352. The van der Waals surface area contributed by atoms with Gasteiger partial charge in [-0.3, -0.25) is 0 Å². The molecule has 0 aliphatic heterocycles. The number of hydrogen-bond donors (Lipinski definition) is 2. The van der Waals surface area contributed by atoms with Crippen LogP contribution in [-0.4, -0.2) is 39.3 Å². The summed E-state index contributed by atoms with van der Waals surface area (Å²) < 4.78 is 30.6. The van der Waals surface area contributed by atoms with Gasteiger partial charge in [0.2, 0.25) is 10.0 Å². The van der Waals surface area contributed by atoms with E-state index in [1.165, 1.54) is 18.4 Å². The summed E-state index contributed by atoms with van der Waals surface area (Å²) >= 11 is 0. The summed E-state index contributed by atoms with van der Waals surface area (Å²) in [6, 6.07) is 10.5. The van der Waals surface area contributed by atoms with Crippen LogP contribution >= 0.6 is 24.0 Å². The molecule has 26 heavy (non-hydrogen) atoms. The Kier molecular flexibility index (Phi) is 9.09. The third-order valence-corrected chi connectivity index (χ3v) is 5.31. The van der Waals surface area contributed by atoms with Gasteiger partial charge in [0.25, 0.3) is 0 Å². The summed E-state index contributed by atoms with van der Waals surface area (Å²) in [7, 11) is -0.375. The fraction of sp³-hybridized carbons (Fsp3) is 0.353. The van der Waals surface area contributed by atoms with Gasteiger partial charge in [0.1, 0.15) is 5.76 Å². The number of furan rings is 1. The zero-order valence-corrected chi connectivity index (χ0v) is 18.2. The highest BCUT2D eigenvalue weighted by atomic mass is 127. The fourth-order valence-electron chi connectivity index (χ4n) is 2.07. The molecule has 0 radical (unpaired) electrons. The molecular weight excluding hydrogens is 467 g/mol. The lowest BCUT2D eigenvalue weighted by Crippen LogP contribution is -2.36. The Bertz CT molecular complexity index is 788. The monoisotopic (exact) mass is 492 g/mol. The van der Waals surface area contributed by atoms with Crippen molar-refractivity contribution in [2.45, 2.75) is 24.9 Å². The normalized spacial score (nSPS) is 11.9. The summed E-state index contributed by atoms with van der Waals surface area (Å²) in [6.07, 6.45) is 1.63. The highest BCUT2D eigenvalue weighted by Gasteiger charge is 2.16. The fourth-order valence-corrected chi connectivity index (χ4v) is 2.98. The Hall–Kier alpha value is -1.59. The minimum Gasteiger partial charge on any atom is -0.467 e. The van der Waals surface area contributed by atoms with Crippen molar-refractivity contribution < 1.29 is 12.8 Å². The number of aliphatic imine (C=N–C) groups is 1. The van der Waals surface area contributed by atoms with Crippen molar-refractivity contribution in [1.82, 2.24) is 14.9 Å². The number of hydrogen-bond acceptors (Lipinski definition) is 4. The van der Waals surface area contributed by atoms with E-state index in [1.54, 1.807) is 30.5 Å². The Labute approximate surface area is 171 Å². The van der Waals surface area contributed by atoms with Crippen molar-refractivity contribution in [3.8, 4) is 0 Å². The topological polar surface area (TPSA) is 86.9 Å². The molecule has 9 heteroatoms. The number of nitrogens with zero attached hydrogens (tertiary/aromatic N) is 2. The van der Waals surface area contributed by atoms with Crippen LogP contribution in [0.4, 0.5) is 0 Å². The summed E-state index contributed by atoms with van der Waals surface area (Å²) in [5.74, 6) is 1.49. The number of sulfonamides is 1. The number of rotatable bonds is 7. The molecule has 0 saturated carbocycles. The minimum atomic E-state index is -3.40. The van der Waals surface area contributed by atoms with Gasteiger partial charge in [0.15, 0.2) is 5.96 Å². The van der Waals surface area contributed by atoms with Crippen LogP contribution in [0.5, 0.6) is 0 Å². The first kappa shape index (κ1) is 22.5. The molecule has 144 valence electrons. The molecule has 0 spiro atoms. The first-order chi connectivity index (χ1) is 11.9. The van der Waals surface area contributed by atoms with E-state index < -0.39 is 10.0 Å². The molecule has 2 N–H and O–H groups in total. The third kappa shape index (κ3) is 6.29. The maximum absolute atomic E-state index is 12.1. The maximum atomic E-state index is 12.1. The summed E-state index contributed by atoms with van der Waals surface area (Å²) in [5.41, 5.74) is 0.924. The van der Waals surface area contributed by atoms with Crippen LogP contribution in [0.15, 0.2) is 57.0 Å². The van der Waals surface area contributed by atoms with Crippen LogP contribution in [0.2, 0.25) is 0 Å². The molecule has 0 fully saturated rings. The van der Waals surface area contributed by atoms with Gasteiger partial charge < -0.3 is 15.1 Å². The molecule has 0 aliphatic carbocycles. The lowest BCUT2D eigenvalue weighted by molar-refractivity contribution is 0.501. The Balaban J connectivity index is 0.00000338. The molecule has 2 aromatic rings. The van der Waals surface area contributed by atoms with Gasteiger partial charge in [-0.15, -0.1) is 24.0 Å². The first-order valence-corrected chi connectivity index (χ1v) is 9.43. The van der Waals surface area contributed by atoms with E-state index >= 15 is 0 Å². The Morgan fingerprint density at radius 1 is 1.15 bits per heavy atom. The van der Waals surface area contributed by atoms with Crippen LogP contribution < -0.4 is 10.6 Å². The number of guanidine groups is 1. The summed E-state index contributed by atoms with van der Waals surface area (Å²) in [6.45, 7) is 3.71. The summed E-state index contributed by atoms with van der Waals surface area (Å²) in [4.78, 5) is 4.77. The van der Waals surface area contributed by atoms with Gasteiger partial charge in [-0.25, -0.2) is 17.7 Å². The van der Waals surface area contributed by atoms with Crippen LogP contribution in [0.25, 0.3) is 0 Å². The number of benzene rings is 1. The molecule has 2 rings (SSSR count). The number of nitrogens with one attached hydrogen (secondary N) is 2. The smallest absolute Gasteiger partial charge is 0.242 e. The van der Waals surface area contributed by atoms with Crippen molar-refractivity contribution >= 4 is 40.0 Å². The molecule has 0 unspecified atom stereocenters. The van der Waals surface area contributed by atoms with Crippen molar-refractivity contribution in [2.75, 3.05) is 20.6 Å². The average Bonchev–Trinajstić information content (AvgIpc) is 3.11. The largest absolute Gasteiger partial charge is 0.467 e. The van der Waals surface area contributed by atoms with Crippen molar-refractivity contribution in [2.24, 2.45) is 4.99 Å². The molecule has 1 aromatic carbocycles. The number of halogens is 1. The second-order valence-electron chi connectivity index (χ2n) is 5.56. The second kappa shape index (κ2) is 10.5. The van der Waals surface area contributed by atoms with E-state index in [2.05, 4.69) is 15.6 Å². The molecule has 0 atom stereocenters. The molecule has 0 aliphatic rings. The predicted molar refractivity (Wildman–Crippen MR) is 113 cm³/mol. The van der Waals surface area contributed by atoms with Crippen molar-refractivity contribution in [3.63, 3.8) is 0 Å². The molecule has 1 heterocycles. The Morgan fingerprint density at radius 2 is 1.85 bits per heavy atom. The first-order valence-electron chi connectivity index (χ1n) is 7.99. The predicted octanol–water partition coefficient (Wildman–Crippen LogP) is 2.40. The summed E-state index contributed by atoms with van der Waals surface area (Å²) in [5, 5.41) is 6.35. The average molecular weight is 492 g/mol. The van der Waals surface area contributed by atoms with Crippen LogP contribution in [-0.2, 0) is 23.1 Å². The van der Waals surface area contributed by atoms with Gasteiger partial charge in [-0.1, -0.05) is 12.1 Å². The van der Waals surface area contributed by atoms with Crippen molar-refractivity contribution in [1.29, 1.82) is 0 Å². The lowest BCUT2D eigenvalue weighted by atomic mass is 10.2. The minimum absolute atomic E-state index is 0. The van der Waals surface area contributed by atoms with E-state index in [4.69, 9.17) is 4.42 Å². The molecular formula is C17H25IN4O3S. The Morgan fingerprint density at radius 3 is 2.38 bits per heavy atom. The van der Waals surface area contributed by atoms with E-state index in [1.807, 2.05) is 19.1 Å². The third-order valence-electron chi connectivity index (χ3n) is 3.48. The van der Waals surface area contributed by atoms with Gasteiger partial charge in [0, 0.05) is 20.6 Å². The van der Waals surface area contributed by atoms with Crippen molar-refractivity contribution in [3.05, 3.63) is 54.0 Å². The van der Waals surface area contributed by atoms with Gasteiger partial charge >= 0.3 is 0 Å². The standard InChI is InChI=1S/C17H24N4O3S.HI/c1-4-18-17(20-13-15-6-5-11-24-15)19-12-14-7-9-16(10-8-14)25(22,23)21(2)3;/h5-11H,4,12-13H2,1-3H3,(H2,18,19,20);1H. The SMILES string of the molecule is CCNC(=NCc1ccc(S(=O)(=O)N(C)C)cc1)NCc1ccco1.I. The zero-order valence-electron chi connectivity index (χ0n) is 15.1. The zero-order chi connectivity index (χ0) is 18.3. The molecule has 1 aromatic heterocycles. The molecule has 0 saturated heterocycles. The van der Waals surface area contributed by atoms with Crippen LogP contribution in [0, 0.1) is 0 Å². The second-order valence-corrected chi connectivity index (χ2v) is 7.71. The van der Waals surface area contributed by atoms with E-state index in [9.17, 15) is 8.42 Å². The van der Waals surface area contributed by atoms with E-state index in [-0.39, 0.29) is 28.9 Å². The van der Waals surface area contributed by atoms with Gasteiger partial charge in [0.05, 0.1) is 24.2 Å². The van der Waals surface area contributed by atoms with Gasteiger partial charge in [-0.2, -0.15) is 0 Å². The maximum Gasteiger partial charge on any atom is 0.242 e.